The van der Waals surface area contributed by atoms with Crippen molar-refractivity contribution in [3.05, 3.63) is 38.8 Å². The van der Waals surface area contributed by atoms with Gasteiger partial charge in [-0.3, -0.25) is 4.79 Å². The van der Waals surface area contributed by atoms with Crippen molar-refractivity contribution in [3.63, 3.8) is 0 Å². The minimum atomic E-state index is -0.546. The second kappa shape index (κ2) is 10.8. The van der Waals surface area contributed by atoms with Crippen LogP contribution in [0.4, 0.5) is 10.8 Å². The zero-order chi connectivity index (χ0) is 26.4. The molecule has 1 fully saturated rings. The van der Waals surface area contributed by atoms with Gasteiger partial charge >= 0.3 is 0 Å². The highest BCUT2D eigenvalue weighted by atomic mass is 35.5. The number of hydrogen-bond acceptors (Lipinski definition) is 5. The number of halogens is 2. The van der Waals surface area contributed by atoms with E-state index in [-0.39, 0.29) is 35.0 Å². The zero-order valence-electron chi connectivity index (χ0n) is 22.1. The Labute approximate surface area is 229 Å². The summed E-state index contributed by atoms with van der Waals surface area (Å²) in [5.74, 6) is 0.00357. The van der Waals surface area contributed by atoms with E-state index in [1.54, 1.807) is 23.5 Å². The van der Waals surface area contributed by atoms with Gasteiger partial charge in [-0.25, -0.2) is 4.98 Å². The van der Waals surface area contributed by atoms with E-state index in [4.69, 9.17) is 28.2 Å². The molecule has 0 bridgehead atoms. The lowest BCUT2D eigenvalue weighted by atomic mass is 9.53. The highest BCUT2D eigenvalue weighted by Crippen LogP contribution is 2.57. The molecule has 2 aliphatic rings. The third-order valence-corrected chi connectivity index (χ3v) is 10.1. The Balaban J connectivity index is 1.54. The lowest BCUT2D eigenvalue weighted by Crippen LogP contribution is -3.06. The average Bonchev–Trinajstić information content (AvgIpc) is 3.21. The van der Waals surface area contributed by atoms with Crippen LogP contribution in [0.2, 0.25) is 10.0 Å². The fourth-order valence-electron chi connectivity index (χ4n) is 6.36. The van der Waals surface area contributed by atoms with E-state index in [1.165, 1.54) is 9.78 Å². The van der Waals surface area contributed by atoms with Gasteiger partial charge in [-0.1, -0.05) is 50.0 Å². The number of para-hydroxylation sites is 1. The summed E-state index contributed by atoms with van der Waals surface area (Å²) >= 11 is 14.4. The predicted molar refractivity (Wildman–Crippen MR) is 149 cm³/mol. The molecule has 1 heterocycles. The Hall–Kier alpha value is -1.38. The van der Waals surface area contributed by atoms with Crippen LogP contribution in [-0.2, 0) is 11.2 Å². The number of anilines is 2. The van der Waals surface area contributed by atoms with E-state index >= 15 is 0 Å². The molecule has 2 aliphatic carbocycles. The lowest BCUT2D eigenvalue weighted by Gasteiger charge is -2.53. The van der Waals surface area contributed by atoms with Crippen molar-refractivity contribution < 1.29 is 14.8 Å². The lowest BCUT2D eigenvalue weighted by molar-refractivity contribution is -0.857. The number of aromatic nitrogens is 1. The van der Waals surface area contributed by atoms with Gasteiger partial charge in [-0.05, 0) is 48.6 Å². The number of nitrogens with one attached hydrogen (secondary N) is 2. The number of rotatable bonds is 7. The second-order valence-electron chi connectivity index (χ2n) is 11.4. The number of thiazole rings is 1. The van der Waals surface area contributed by atoms with Crippen LogP contribution in [-0.4, -0.2) is 61.2 Å². The molecule has 6 atom stereocenters. The van der Waals surface area contributed by atoms with E-state index in [1.807, 2.05) is 24.9 Å². The molecular weight excluding hydrogens is 515 g/mol. The summed E-state index contributed by atoms with van der Waals surface area (Å²) in [6.45, 7) is 8.10. The third-order valence-electron chi connectivity index (χ3n) is 8.47. The number of nitrogens with zero attached hydrogens (tertiary/aromatic N) is 2. The van der Waals surface area contributed by atoms with Gasteiger partial charge in [0.2, 0.25) is 5.91 Å². The van der Waals surface area contributed by atoms with E-state index in [9.17, 15) is 9.90 Å². The summed E-state index contributed by atoms with van der Waals surface area (Å²) < 4.78 is 0. The second-order valence-corrected chi connectivity index (χ2v) is 13.3. The first-order chi connectivity index (χ1) is 16.9. The van der Waals surface area contributed by atoms with Gasteiger partial charge in [0.05, 0.1) is 54.7 Å². The molecule has 3 N–H and O–H groups in total. The van der Waals surface area contributed by atoms with Gasteiger partial charge in [-0.15, -0.1) is 11.3 Å². The Morgan fingerprint density at radius 1 is 1.36 bits per heavy atom. The number of aliphatic hydroxyl groups excluding tert-OH is 1. The van der Waals surface area contributed by atoms with Crippen LogP contribution in [0.5, 0.6) is 0 Å². The minimum Gasteiger partial charge on any atom is -0.392 e. The van der Waals surface area contributed by atoms with E-state index < -0.39 is 6.10 Å². The van der Waals surface area contributed by atoms with Gasteiger partial charge in [0.1, 0.15) is 0 Å². The van der Waals surface area contributed by atoms with E-state index in [0.717, 1.165) is 43.2 Å². The van der Waals surface area contributed by atoms with Crippen LogP contribution < -0.4 is 10.2 Å². The molecule has 198 valence electrons. The number of benzene rings is 1. The summed E-state index contributed by atoms with van der Waals surface area (Å²) in [6, 6.07) is 5.43. The van der Waals surface area contributed by atoms with Crippen LogP contribution in [0.1, 0.15) is 50.1 Å². The van der Waals surface area contributed by atoms with Crippen molar-refractivity contribution in [1.82, 2.24) is 9.88 Å². The predicted octanol–water partition coefficient (Wildman–Crippen LogP) is 4.49. The fraction of sp³-hybridized carbons (Fsp3) is 0.630. The molecule has 1 aromatic heterocycles. The third kappa shape index (κ3) is 5.28. The van der Waals surface area contributed by atoms with Crippen molar-refractivity contribution in [3.8, 4) is 0 Å². The first-order valence-corrected chi connectivity index (χ1v) is 14.4. The van der Waals surface area contributed by atoms with Crippen LogP contribution in [0.15, 0.2) is 18.2 Å². The molecule has 6 nitrogen and oxygen atoms in total. The SMILES string of the molecule is C[C@H](C(=O)N(C)CC[NH+](C)C)[C@@H]1CC[C@@]2(C)Cc3sc(Nc4c(Cl)cccc4Cl)nc3[C@@H](C)[C@@H]2[C@H]1O. The monoisotopic (exact) mass is 553 g/mol. The number of carbonyl (C=O) groups excluding carboxylic acids is 1. The molecule has 4 rings (SSSR count). The molecule has 0 aliphatic heterocycles. The molecule has 1 aromatic carbocycles. The van der Waals surface area contributed by atoms with Gasteiger partial charge in [-0.2, -0.15) is 0 Å². The summed E-state index contributed by atoms with van der Waals surface area (Å²) in [5, 5.41) is 16.9. The number of aliphatic hydroxyl groups is 1. The van der Waals surface area contributed by atoms with Crippen LogP contribution in [0.3, 0.4) is 0 Å². The maximum atomic E-state index is 13.2. The molecule has 0 radical (unpaired) electrons. The van der Waals surface area contributed by atoms with Gasteiger partial charge in [0.25, 0.3) is 0 Å². The zero-order valence-corrected chi connectivity index (χ0v) is 24.4. The molecule has 0 unspecified atom stereocenters. The normalized spacial score (nSPS) is 28.4. The number of amides is 1. The van der Waals surface area contributed by atoms with Crippen molar-refractivity contribution >= 4 is 51.3 Å². The van der Waals surface area contributed by atoms with Crippen LogP contribution in [0, 0.1) is 23.2 Å². The molecule has 0 saturated heterocycles. The summed E-state index contributed by atoms with van der Waals surface area (Å²) in [5.41, 5.74) is 1.67. The molecule has 1 saturated carbocycles. The smallest absolute Gasteiger partial charge is 0.225 e. The van der Waals surface area contributed by atoms with E-state index in [0.29, 0.717) is 15.7 Å². The minimum absolute atomic E-state index is 0.0306. The topological polar surface area (TPSA) is 69.9 Å². The van der Waals surface area contributed by atoms with Crippen LogP contribution in [0.25, 0.3) is 0 Å². The Kier molecular flexibility index (Phi) is 8.28. The Morgan fingerprint density at radius 2 is 2.03 bits per heavy atom. The fourth-order valence-corrected chi connectivity index (χ4v) is 8.12. The van der Waals surface area contributed by atoms with E-state index in [2.05, 4.69) is 33.3 Å². The quantitative estimate of drug-likeness (QED) is 0.472. The highest BCUT2D eigenvalue weighted by Gasteiger charge is 2.54. The first kappa shape index (κ1) is 27.6. The highest BCUT2D eigenvalue weighted by molar-refractivity contribution is 7.15. The summed E-state index contributed by atoms with van der Waals surface area (Å²) in [7, 11) is 6.06. The first-order valence-electron chi connectivity index (χ1n) is 12.9. The van der Waals surface area contributed by atoms with Crippen LogP contribution >= 0.6 is 34.5 Å². The van der Waals surface area contributed by atoms with Gasteiger partial charge in [0.15, 0.2) is 5.13 Å². The molecule has 2 aromatic rings. The number of quaternary nitrogens is 1. The number of carbonyl (C=O) groups is 1. The number of likely N-dealkylation sites (N-methyl/N-ethyl adjacent to an activating group) is 2. The van der Waals surface area contributed by atoms with Crippen molar-refractivity contribution in [2.24, 2.45) is 23.2 Å². The van der Waals surface area contributed by atoms with Gasteiger partial charge < -0.3 is 20.2 Å². The Bertz CT molecular complexity index is 1090. The Morgan fingerprint density at radius 3 is 2.67 bits per heavy atom. The molecule has 36 heavy (non-hydrogen) atoms. The number of hydrogen-bond donors (Lipinski definition) is 3. The maximum Gasteiger partial charge on any atom is 0.225 e. The van der Waals surface area contributed by atoms with Gasteiger partial charge in [0, 0.05) is 23.8 Å². The maximum absolute atomic E-state index is 13.2. The summed E-state index contributed by atoms with van der Waals surface area (Å²) in [4.78, 5) is 22.6. The standard InChI is InChI=1S/C27H38Cl2N4O2S/c1-15(25(35)33(6)13-12-32(4)5)17-10-11-27(3)14-20-22(16(2)21(27)24(17)34)30-26(36-20)31-23-18(28)8-7-9-19(23)29/h7-9,15-17,21,24,34H,10-14H2,1-6H3,(H,30,31)/p+1/t15-,16-,17-,21+,24-,27-/m0/s1. The molecule has 0 spiro atoms. The number of fused-ring (bicyclic) bond motifs is 2. The molecular formula is C27H39Cl2N4O2S+. The largest absolute Gasteiger partial charge is 0.392 e. The van der Waals surface area contributed by atoms with Crippen molar-refractivity contribution in [2.75, 3.05) is 39.5 Å². The average molecular weight is 555 g/mol. The molecule has 9 heteroatoms. The van der Waals surface area contributed by atoms with Crippen molar-refractivity contribution in [1.29, 1.82) is 0 Å². The summed E-state index contributed by atoms with van der Waals surface area (Å²) in [6.07, 6.45) is 2.18. The molecule has 1 amide bonds. The van der Waals surface area contributed by atoms with Crippen molar-refractivity contribution in [2.45, 2.75) is 52.1 Å².